The molecule has 6 heteroatoms. The topological polar surface area (TPSA) is 84.9 Å². The minimum Gasteiger partial charge on any atom is -0.479 e. The van der Waals surface area contributed by atoms with Crippen molar-refractivity contribution in [2.45, 2.75) is 33.0 Å². The first-order valence-corrected chi connectivity index (χ1v) is 5.22. The Morgan fingerprint density at radius 2 is 1.94 bits per heavy atom. The molecule has 0 spiro atoms. The van der Waals surface area contributed by atoms with E-state index in [-0.39, 0.29) is 30.0 Å². The minimum atomic E-state index is -1.13. The minimum absolute atomic E-state index is 0.0187. The van der Waals surface area contributed by atoms with E-state index >= 15 is 0 Å². The van der Waals surface area contributed by atoms with E-state index in [9.17, 15) is 9.59 Å². The van der Waals surface area contributed by atoms with Crippen LogP contribution in [0, 0.1) is 11.8 Å². The second kappa shape index (κ2) is 5.27. The first-order chi connectivity index (χ1) is 7.43. The van der Waals surface area contributed by atoms with E-state index in [2.05, 4.69) is 10.3 Å². The van der Waals surface area contributed by atoms with Crippen molar-refractivity contribution in [3.8, 4) is 0 Å². The van der Waals surface area contributed by atoms with E-state index in [1.807, 2.05) is 20.8 Å². The molecule has 0 saturated carbocycles. The summed E-state index contributed by atoms with van der Waals surface area (Å²) in [5, 5.41) is 8.34. The van der Waals surface area contributed by atoms with Gasteiger partial charge in [0.2, 0.25) is 5.91 Å². The Morgan fingerprint density at radius 3 is 2.38 bits per heavy atom. The van der Waals surface area contributed by atoms with Crippen LogP contribution in [0.5, 0.6) is 0 Å². The maximum atomic E-state index is 11.7. The Morgan fingerprint density at radius 1 is 1.31 bits per heavy atom. The number of carbonyl (C=O) groups excluding carboxylic acids is 1. The summed E-state index contributed by atoms with van der Waals surface area (Å²) >= 11 is 0. The molecular formula is C10H17NO5. The zero-order valence-electron chi connectivity index (χ0n) is 9.60. The zero-order chi connectivity index (χ0) is 12.3. The summed E-state index contributed by atoms with van der Waals surface area (Å²) < 4.78 is 5.50. The molecule has 0 radical (unpaired) electrons. The van der Waals surface area contributed by atoms with Gasteiger partial charge < -0.3 is 9.84 Å². The van der Waals surface area contributed by atoms with Crippen LogP contribution in [-0.4, -0.2) is 35.8 Å². The summed E-state index contributed by atoms with van der Waals surface area (Å²) in [7, 11) is 0. The molecule has 0 aromatic carbocycles. The van der Waals surface area contributed by atoms with E-state index < -0.39 is 12.6 Å². The molecule has 4 atom stereocenters. The molecule has 1 amide bonds. The van der Waals surface area contributed by atoms with Crippen molar-refractivity contribution < 1.29 is 24.3 Å². The summed E-state index contributed by atoms with van der Waals surface area (Å²) in [6.45, 7) is 5.11. The maximum Gasteiger partial charge on any atom is 0.332 e. The van der Waals surface area contributed by atoms with Gasteiger partial charge in [-0.3, -0.25) is 9.63 Å². The van der Waals surface area contributed by atoms with Crippen molar-refractivity contribution in [1.82, 2.24) is 5.48 Å². The molecule has 1 heterocycles. The van der Waals surface area contributed by atoms with Gasteiger partial charge in [0.05, 0.1) is 18.1 Å². The lowest BCUT2D eigenvalue weighted by molar-refractivity contribution is -0.151. The van der Waals surface area contributed by atoms with Crippen LogP contribution in [0.15, 0.2) is 0 Å². The SMILES string of the molecule is CC1OC(C)C(C(=O)NOCC(=O)O)C1C. The summed E-state index contributed by atoms with van der Waals surface area (Å²) in [5.74, 6) is -1.67. The molecule has 16 heavy (non-hydrogen) atoms. The van der Waals surface area contributed by atoms with Gasteiger partial charge in [0.25, 0.3) is 0 Å². The Balaban J connectivity index is 2.44. The summed E-state index contributed by atoms with van der Waals surface area (Å²) in [5.41, 5.74) is 2.14. The second-order valence-corrected chi connectivity index (χ2v) is 4.08. The average molecular weight is 231 g/mol. The van der Waals surface area contributed by atoms with Crippen molar-refractivity contribution in [3.63, 3.8) is 0 Å². The van der Waals surface area contributed by atoms with Crippen LogP contribution in [0.4, 0.5) is 0 Å². The molecule has 1 aliphatic rings. The Bertz CT molecular complexity index is 280. The van der Waals surface area contributed by atoms with Crippen LogP contribution >= 0.6 is 0 Å². The van der Waals surface area contributed by atoms with Crippen LogP contribution < -0.4 is 5.48 Å². The highest BCUT2D eigenvalue weighted by molar-refractivity contribution is 5.79. The first kappa shape index (κ1) is 12.9. The van der Waals surface area contributed by atoms with Gasteiger partial charge in [-0.25, -0.2) is 10.3 Å². The van der Waals surface area contributed by atoms with Crippen molar-refractivity contribution in [2.24, 2.45) is 11.8 Å². The summed E-state index contributed by atoms with van der Waals surface area (Å²) in [6.07, 6.45) is -0.163. The molecular weight excluding hydrogens is 214 g/mol. The van der Waals surface area contributed by atoms with Crippen LogP contribution in [0.1, 0.15) is 20.8 Å². The van der Waals surface area contributed by atoms with Crippen LogP contribution in [0.2, 0.25) is 0 Å². The normalized spacial score (nSPS) is 33.7. The van der Waals surface area contributed by atoms with Crippen LogP contribution in [0.25, 0.3) is 0 Å². The van der Waals surface area contributed by atoms with Gasteiger partial charge in [-0.15, -0.1) is 0 Å². The number of rotatable bonds is 4. The third-order valence-corrected chi connectivity index (χ3v) is 2.91. The van der Waals surface area contributed by atoms with E-state index in [4.69, 9.17) is 9.84 Å². The summed E-state index contributed by atoms with van der Waals surface area (Å²) in [4.78, 5) is 26.4. The lowest BCUT2D eigenvalue weighted by atomic mass is 9.89. The van der Waals surface area contributed by atoms with E-state index in [0.717, 1.165) is 0 Å². The maximum absolute atomic E-state index is 11.7. The third-order valence-electron chi connectivity index (χ3n) is 2.91. The Kier molecular flexibility index (Phi) is 4.26. The molecule has 2 N–H and O–H groups in total. The van der Waals surface area contributed by atoms with Crippen LogP contribution in [0.3, 0.4) is 0 Å². The van der Waals surface area contributed by atoms with Crippen molar-refractivity contribution in [3.05, 3.63) is 0 Å². The predicted octanol–water partition coefficient (Wildman–Crippen LogP) is 0.178. The molecule has 1 saturated heterocycles. The first-order valence-electron chi connectivity index (χ1n) is 5.22. The molecule has 1 fully saturated rings. The van der Waals surface area contributed by atoms with Crippen molar-refractivity contribution in [1.29, 1.82) is 0 Å². The number of amides is 1. The monoisotopic (exact) mass is 231 g/mol. The van der Waals surface area contributed by atoms with Crippen molar-refractivity contribution in [2.75, 3.05) is 6.61 Å². The molecule has 92 valence electrons. The molecule has 1 rings (SSSR count). The van der Waals surface area contributed by atoms with Gasteiger partial charge in [-0.05, 0) is 19.8 Å². The highest BCUT2D eigenvalue weighted by Crippen LogP contribution is 2.32. The number of carboxylic acids is 1. The quantitative estimate of drug-likeness (QED) is 0.674. The number of hydroxylamine groups is 1. The Hall–Kier alpha value is -1.14. The molecule has 0 aromatic heterocycles. The largest absolute Gasteiger partial charge is 0.479 e. The molecule has 1 aliphatic heterocycles. The van der Waals surface area contributed by atoms with E-state index in [0.29, 0.717) is 0 Å². The second-order valence-electron chi connectivity index (χ2n) is 4.08. The van der Waals surface area contributed by atoms with Crippen LogP contribution in [-0.2, 0) is 19.2 Å². The van der Waals surface area contributed by atoms with Gasteiger partial charge in [-0.2, -0.15) is 0 Å². The third kappa shape index (κ3) is 2.93. The number of carboxylic acid groups (broad SMARTS) is 1. The summed E-state index contributed by atoms with van der Waals surface area (Å²) in [6, 6.07) is 0. The predicted molar refractivity (Wildman–Crippen MR) is 54.4 cm³/mol. The fraction of sp³-hybridized carbons (Fsp3) is 0.800. The van der Waals surface area contributed by atoms with Gasteiger partial charge in [0.15, 0.2) is 6.61 Å². The smallest absolute Gasteiger partial charge is 0.332 e. The highest BCUT2D eigenvalue weighted by Gasteiger charge is 2.41. The Labute approximate surface area is 93.9 Å². The number of hydrogen-bond donors (Lipinski definition) is 2. The van der Waals surface area contributed by atoms with Crippen molar-refractivity contribution >= 4 is 11.9 Å². The highest BCUT2D eigenvalue weighted by atomic mass is 16.7. The molecule has 0 aromatic rings. The fourth-order valence-electron chi connectivity index (χ4n) is 1.96. The number of ether oxygens (including phenoxy) is 1. The lowest BCUT2D eigenvalue weighted by Crippen LogP contribution is -2.38. The van der Waals surface area contributed by atoms with Gasteiger partial charge in [-0.1, -0.05) is 6.92 Å². The number of hydrogen-bond acceptors (Lipinski definition) is 4. The lowest BCUT2D eigenvalue weighted by Gasteiger charge is -2.17. The van der Waals surface area contributed by atoms with Gasteiger partial charge in [0.1, 0.15) is 0 Å². The zero-order valence-corrected chi connectivity index (χ0v) is 9.60. The number of carbonyl (C=O) groups is 2. The van der Waals surface area contributed by atoms with Gasteiger partial charge >= 0.3 is 5.97 Å². The fourth-order valence-corrected chi connectivity index (χ4v) is 1.96. The molecule has 6 nitrogen and oxygen atoms in total. The number of aliphatic carboxylic acids is 1. The molecule has 0 bridgehead atoms. The molecule has 0 aliphatic carbocycles. The molecule has 4 unspecified atom stereocenters. The van der Waals surface area contributed by atoms with E-state index in [1.54, 1.807) is 0 Å². The standard InChI is InChI=1S/C10H17NO5/c1-5-6(2)16-7(3)9(5)10(14)11-15-4-8(12)13/h5-7,9H,4H2,1-3H3,(H,11,14)(H,12,13). The average Bonchev–Trinajstić information content (AvgIpc) is 2.40. The van der Waals surface area contributed by atoms with Gasteiger partial charge in [0, 0.05) is 0 Å². The van der Waals surface area contributed by atoms with E-state index in [1.165, 1.54) is 0 Å². The number of nitrogens with one attached hydrogen (secondary N) is 1.